The van der Waals surface area contributed by atoms with Crippen LogP contribution in [-0.4, -0.2) is 24.0 Å². The van der Waals surface area contributed by atoms with E-state index in [4.69, 9.17) is 0 Å². The van der Waals surface area contributed by atoms with Gasteiger partial charge in [-0.1, -0.05) is 48.9 Å². The number of carbonyl (C=O) groups is 1. The van der Waals surface area contributed by atoms with Crippen molar-refractivity contribution in [3.8, 4) is 11.8 Å². The normalized spacial score (nSPS) is 14.2. The Kier molecular flexibility index (Phi) is 5.52. The molecule has 2 amide bonds. The van der Waals surface area contributed by atoms with Gasteiger partial charge < -0.3 is 10.2 Å². The summed E-state index contributed by atoms with van der Waals surface area (Å²) in [6.45, 7) is 1.69. The second-order valence-electron chi connectivity index (χ2n) is 6.03. The van der Waals surface area contributed by atoms with Gasteiger partial charge in [-0.05, 0) is 43.2 Å². The number of likely N-dealkylation sites (tertiary alicyclic amines) is 1. The van der Waals surface area contributed by atoms with E-state index in [1.807, 2.05) is 59.5 Å². The van der Waals surface area contributed by atoms with E-state index >= 15 is 0 Å². The Labute approximate surface area is 143 Å². The largest absolute Gasteiger partial charge is 0.325 e. The maximum absolute atomic E-state index is 12.4. The molecular weight excluding hydrogens is 296 g/mol. The average Bonchev–Trinajstić information content (AvgIpc) is 2.91. The van der Waals surface area contributed by atoms with E-state index in [1.165, 1.54) is 12.8 Å². The van der Waals surface area contributed by atoms with E-state index in [9.17, 15) is 4.79 Å². The fourth-order valence-corrected chi connectivity index (χ4v) is 2.82. The predicted molar refractivity (Wildman–Crippen MR) is 97.9 cm³/mol. The molecule has 0 unspecified atom stereocenters. The van der Waals surface area contributed by atoms with Crippen molar-refractivity contribution in [3.05, 3.63) is 65.7 Å². The highest BCUT2D eigenvalue weighted by Crippen LogP contribution is 2.14. The predicted octanol–water partition coefficient (Wildman–Crippen LogP) is 4.49. The molecule has 0 atom stereocenters. The summed E-state index contributed by atoms with van der Waals surface area (Å²) in [5, 5.41) is 3.00. The second-order valence-corrected chi connectivity index (χ2v) is 6.03. The average molecular weight is 318 g/mol. The smallest absolute Gasteiger partial charge is 0.321 e. The zero-order valence-corrected chi connectivity index (χ0v) is 13.8. The first-order valence-corrected chi connectivity index (χ1v) is 8.54. The lowest BCUT2D eigenvalue weighted by atomic mass is 10.1. The highest BCUT2D eigenvalue weighted by molar-refractivity contribution is 5.89. The first kappa shape index (κ1) is 16.1. The van der Waals surface area contributed by atoms with Crippen LogP contribution in [0.3, 0.4) is 0 Å². The van der Waals surface area contributed by atoms with Gasteiger partial charge in [-0.15, -0.1) is 0 Å². The molecule has 0 aliphatic carbocycles. The van der Waals surface area contributed by atoms with Crippen molar-refractivity contribution in [2.45, 2.75) is 25.7 Å². The molecule has 0 bridgehead atoms. The van der Waals surface area contributed by atoms with Crippen LogP contribution in [0, 0.1) is 11.8 Å². The molecule has 0 saturated carbocycles. The van der Waals surface area contributed by atoms with Crippen molar-refractivity contribution in [3.63, 3.8) is 0 Å². The van der Waals surface area contributed by atoms with E-state index < -0.39 is 0 Å². The first-order valence-electron chi connectivity index (χ1n) is 8.54. The van der Waals surface area contributed by atoms with Crippen LogP contribution in [0.2, 0.25) is 0 Å². The summed E-state index contributed by atoms with van der Waals surface area (Å²) in [5.74, 6) is 6.29. The topological polar surface area (TPSA) is 32.3 Å². The number of anilines is 1. The number of amides is 2. The molecule has 2 aromatic carbocycles. The summed E-state index contributed by atoms with van der Waals surface area (Å²) in [4.78, 5) is 14.3. The van der Waals surface area contributed by atoms with Crippen molar-refractivity contribution in [1.29, 1.82) is 0 Å². The van der Waals surface area contributed by atoms with Crippen LogP contribution < -0.4 is 5.32 Å². The van der Waals surface area contributed by atoms with Gasteiger partial charge in [0.15, 0.2) is 0 Å². The summed E-state index contributed by atoms with van der Waals surface area (Å²) in [7, 11) is 0. The van der Waals surface area contributed by atoms with Crippen molar-refractivity contribution in [2.75, 3.05) is 18.4 Å². The summed E-state index contributed by atoms with van der Waals surface area (Å²) in [5.41, 5.74) is 2.67. The molecule has 0 radical (unpaired) electrons. The van der Waals surface area contributed by atoms with E-state index in [0.29, 0.717) is 0 Å². The molecule has 1 fully saturated rings. The number of nitrogens with zero attached hydrogens (tertiary/aromatic N) is 1. The molecule has 1 heterocycles. The molecule has 2 aromatic rings. The van der Waals surface area contributed by atoms with Crippen LogP contribution in [0.25, 0.3) is 0 Å². The molecule has 3 rings (SSSR count). The Bertz CT molecular complexity index is 735. The zero-order valence-electron chi connectivity index (χ0n) is 13.8. The Balaban J connectivity index is 1.67. The number of hydrogen-bond acceptors (Lipinski definition) is 1. The van der Waals surface area contributed by atoms with Gasteiger partial charge in [-0.25, -0.2) is 4.79 Å². The third kappa shape index (κ3) is 4.63. The quantitative estimate of drug-likeness (QED) is 0.772. The molecular formula is C21H22N2O. The van der Waals surface area contributed by atoms with Gasteiger partial charge in [0, 0.05) is 29.9 Å². The first-order chi connectivity index (χ1) is 11.8. The van der Waals surface area contributed by atoms with Crippen molar-refractivity contribution in [1.82, 2.24) is 4.90 Å². The fourth-order valence-electron chi connectivity index (χ4n) is 2.82. The summed E-state index contributed by atoms with van der Waals surface area (Å²) in [6, 6.07) is 17.6. The number of nitrogens with one attached hydrogen (secondary N) is 1. The summed E-state index contributed by atoms with van der Waals surface area (Å²) in [6.07, 6.45) is 4.62. The van der Waals surface area contributed by atoms with E-state index in [1.54, 1.807) is 0 Å². The molecule has 0 aromatic heterocycles. The number of hydrogen-bond donors (Lipinski definition) is 1. The third-order valence-electron chi connectivity index (χ3n) is 4.13. The molecule has 24 heavy (non-hydrogen) atoms. The molecule has 1 saturated heterocycles. The van der Waals surface area contributed by atoms with Crippen LogP contribution in [-0.2, 0) is 0 Å². The van der Waals surface area contributed by atoms with Crippen molar-refractivity contribution in [2.24, 2.45) is 0 Å². The van der Waals surface area contributed by atoms with Gasteiger partial charge in [-0.3, -0.25) is 0 Å². The monoisotopic (exact) mass is 318 g/mol. The van der Waals surface area contributed by atoms with Gasteiger partial charge in [-0.2, -0.15) is 0 Å². The third-order valence-corrected chi connectivity index (χ3v) is 4.13. The minimum Gasteiger partial charge on any atom is -0.325 e. The van der Waals surface area contributed by atoms with Crippen LogP contribution in [0.4, 0.5) is 10.5 Å². The van der Waals surface area contributed by atoms with Crippen molar-refractivity contribution < 1.29 is 4.79 Å². The number of carbonyl (C=O) groups excluding carboxylic acids is 1. The minimum absolute atomic E-state index is 0.00920. The van der Waals surface area contributed by atoms with Crippen molar-refractivity contribution >= 4 is 11.7 Å². The lowest BCUT2D eigenvalue weighted by Gasteiger charge is -2.20. The number of rotatable bonds is 1. The fraction of sp³-hybridized carbons (Fsp3) is 0.286. The van der Waals surface area contributed by atoms with Crippen LogP contribution >= 0.6 is 0 Å². The Morgan fingerprint density at radius 3 is 2.25 bits per heavy atom. The highest BCUT2D eigenvalue weighted by Gasteiger charge is 2.15. The molecule has 0 spiro atoms. The molecule has 3 heteroatoms. The van der Waals surface area contributed by atoms with Gasteiger partial charge in [0.2, 0.25) is 0 Å². The van der Waals surface area contributed by atoms with Gasteiger partial charge in [0.1, 0.15) is 0 Å². The Morgan fingerprint density at radius 1 is 0.833 bits per heavy atom. The zero-order chi connectivity index (χ0) is 16.6. The summed E-state index contributed by atoms with van der Waals surface area (Å²) < 4.78 is 0. The summed E-state index contributed by atoms with van der Waals surface area (Å²) >= 11 is 0. The van der Waals surface area contributed by atoms with Gasteiger partial charge in [0.05, 0.1) is 0 Å². The van der Waals surface area contributed by atoms with E-state index in [0.717, 1.165) is 42.7 Å². The minimum atomic E-state index is -0.00920. The SMILES string of the molecule is O=C(Nc1cccc(C#Cc2ccccc2)c1)N1CCCCCC1. The Morgan fingerprint density at radius 2 is 1.50 bits per heavy atom. The van der Waals surface area contributed by atoms with Crippen LogP contribution in [0.1, 0.15) is 36.8 Å². The van der Waals surface area contributed by atoms with Crippen LogP contribution in [0.5, 0.6) is 0 Å². The second kappa shape index (κ2) is 8.21. The molecule has 1 aliphatic rings. The van der Waals surface area contributed by atoms with Crippen LogP contribution in [0.15, 0.2) is 54.6 Å². The maximum Gasteiger partial charge on any atom is 0.321 e. The van der Waals surface area contributed by atoms with Gasteiger partial charge >= 0.3 is 6.03 Å². The highest BCUT2D eigenvalue weighted by atomic mass is 16.2. The Hall–Kier alpha value is -2.73. The lowest BCUT2D eigenvalue weighted by Crippen LogP contribution is -2.35. The molecule has 122 valence electrons. The molecule has 3 nitrogen and oxygen atoms in total. The van der Waals surface area contributed by atoms with E-state index in [-0.39, 0.29) is 6.03 Å². The number of benzene rings is 2. The maximum atomic E-state index is 12.4. The molecule has 1 aliphatic heterocycles. The standard InChI is InChI=1S/C21H22N2O/c24-21(23-15-6-1-2-7-16-23)22-20-12-8-11-19(17-20)14-13-18-9-4-3-5-10-18/h3-5,8-12,17H,1-2,6-7,15-16H2,(H,22,24). The number of urea groups is 1. The lowest BCUT2D eigenvalue weighted by molar-refractivity contribution is 0.214. The molecule has 1 N–H and O–H groups in total. The van der Waals surface area contributed by atoms with E-state index in [2.05, 4.69) is 17.2 Å². The van der Waals surface area contributed by atoms with Gasteiger partial charge in [0.25, 0.3) is 0 Å².